The van der Waals surface area contributed by atoms with Gasteiger partial charge in [0.15, 0.2) is 11.6 Å². The summed E-state index contributed by atoms with van der Waals surface area (Å²) in [7, 11) is 0. The maximum atomic E-state index is 6.55. The number of rotatable bonds is 2. The predicted molar refractivity (Wildman–Crippen MR) is 219 cm³/mol. The van der Waals surface area contributed by atoms with Gasteiger partial charge in [0.2, 0.25) is 5.71 Å². The molecule has 0 radical (unpaired) electrons. The van der Waals surface area contributed by atoms with Crippen LogP contribution in [0.1, 0.15) is 0 Å². The van der Waals surface area contributed by atoms with Crippen molar-refractivity contribution in [1.29, 1.82) is 0 Å². The fourth-order valence-corrected chi connectivity index (χ4v) is 9.22. The monoisotopic (exact) mass is 674 g/mol. The van der Waals surface area contributed by atoms with Gasteiger partial charge in [0.25, 0.3) is 0 Å². The number of para-hydroxylation sites is 3. The number of nitrogens with zero attached hydrogens (tertiary/aromatic N) is 4. The molecule has 244 valence electrons. The lowest BCUT2D eigenvalue weighted by molar-refractivity contribution is 0.653. The highest BCUT2D eigenvalue weighted by Gasteiger charge is 2.27. The van der Waals surface area contributed by atoms with Crippen molar-refractivity contribution in [3.63, 3.8) is 0 Å². The topological polar surface area (TPSA) is 48.3 Å². The van der Waals surface area contributed by atoms with Crippen LogP contribution in [0.4, 0.5) is 0 Å². The molecule has 53 heavy (non-hydrogen) atoms. The van der Waals surface area contributed by atoms with Gasteiger partial charge in [-0.1, -0.05) is 127 Å². The van der Waals surface area contributed by atoms with Gasteiger partial charge in [-0.05, 0) is 46.5 Å². The summed E-state index contributed by atoms with van der Waals surface area (Å²) in [6, 6.07) is 56.4. The van der Waals surface area contributed by atoms with E-state index in [0.717, 1.165) is 44.2 Å². The highest BCUT2D eigenvalue weighted by Crippen LogP contribution is 2.48. The molecule has 5 heteroatoms. The minimum absolute atomic E-state index is 0.573. The zero-order valence-corrected chi connectivity index (χ0v) is 28.2. The lowest BCUT2D eigenvalue weighted by Crippen LogP contribution is -2.02. The summed E-state index contributed by atoms with van der Waals surface area (Å²) in [6.07, 6.45) is 0. The molecule has 0 atom stereocenters. The van der Waals surface area contributed by atoms with E-state index in [4.69, 9.17) is 14.4 Å². The summed E-state index contributed by atoms with van der Waals surface area (Å²) in [5.74, 6) is 1.43. The SMILES string of the molecule is c1ccc2cc(-c3nc(-n4c5ccccc5c5c6c7ccc8ccccc8c7n7c8ccccc8c(cc54)c67)c4c(n3)oc3ccccc34)ccc2c1. The molecule has 0 N–H and O–H groups in total. The molecule has 13 rings (SSSR count). The lowest BCUT2D eigenvalue weighted by atomic mass is 10.00. The molecule has 0 bridgehead atoms. The van der Waals surface area contributed by atoms with Crippen molar-refractivity contribution >= 4 is 104 Å². The molecule has 0 saturated carbocycles. The first-order valence-corrected chi connectivity index (χ1v) is 18.0. The number of benzene rings is 8. The predicted octanol–water partition coefficient (Wildman–Crippen LogP) is 12.6. The van der Waals surface area contributed by atoms with E-state index in [1.165, 1.54) is 65.0 Å². The second-order valence-electron chi connectivity index (χ2n) is 14.1. The Balaban J connectivity index is 1.26. The first kappa shape index (κ1) is 27.5. The number of furan rings is 1. The van der Waals surface area contributed by atoms with Gasteiger partial charge in [-0.2, -0.15) is 4.98 Å². The fraction of sp³-hybridized carbons (Fsp3) is 0. The molecule has 0 unspecified atom stereocenters. The quantitative estimate of drug-likeness (QED) is 0.183. The van der Waals surface area contributed by atoms with Crippen molar-refractivity contribution in [2.24, 2.45) is 0 Å². The Morgan fingerprint density at radius 1 is 0.415 bits per heavy atom. The second kappa shape index (κ2) is 9.75. The maximum Gasteiger partial charge on any atom is 0.233 e. The van der Waals surface area contributed by atoms with E-state index in [1.54, 1.807) is 0 Å². The molecule has 0 aliphatic heterocycles. The number of aromatic nitrogens is 4. The van der Waals surface area contributed by atoms with E-state index in [9.17, 15) is 0 Å². The third kappa shape index (κ3) is 3.46. The summed E-state index contributed by atoms with van der Waals surface area (Å²) in [4.78, 5) is 10.6. The molecular formula is C48H26N4O. The van der Waals surface area contributed by atoms with E-state index in [-0.39, 0.29) is 0 Å². The van der Waals surface area contributed by atoms with Gasteiger partial charge in [0, 0.05) is 48.7 Å². The summed E-state index contributed by atoms with van der Waals surface area (Å²) in [5, 5.41) is 14.1. The van der Waals surface area contributed by atoms with Gasteiger partial charge in [-0.15, -0.1) is 0 Å². The van der Waals surface area contributed by atoms with E-state index in [1.807, 2.05) is 12.1 Å². The number of hydrogen-bond acceptors (Lipinski definition) is 3. The van der Waals surface area contributed by atoms with E-state index < -0.39 is 0 Å². The van der Waals surface area contributed by atoms with Crippen LogP contribution in [-0.4, -0.2) is 18.9 Å². The Hall–Kier alpha value is -7.24. The normalized spacial score (nSPS) is 12.5. The van der Waals surface area contributed by atoms with Gasteiger partial charge >= 0.3 is 0 Å². The zero-order chi connectivity index (χ0) is 34.4. The van der Waals surface area contributed by atoms with Crippen LogP contribution < -0.4 is 0 Å². The number of hydrogen-bond donors (Lipinski definition) is 0. The molecule has 5 nitrogen and oxygen atoms in total. The molecule has 0 spiro atoms. The third-order valence-corrected chi connectivity index (χ3v) is 11.4. The van der Waals surface area contributed by atoms with Crippen molar-refractivity contribution in [2.75, 3.05) is 0 Å². The van der Waals surface area contributed by atoms with Crippen LogP contribution in [0.3, 0.4) is 0 Å². The Kier molecular flexibility index (Phi) is 5.06. The van der Waals surface area contributed by atoms with Crippen LogP contribution in [0.2, 0.25) is 0 Å². The molecule has 5 aromatic heterocycles. The van der Waals surface area contributed by atoms with Crippen LogP contribution in [0, 0.1) is 0 Å². The molecule has 0 amide bonds. The summed E-state index contributed by atoms with van der Waals surface area (Å²) in [6.45, 7) is 0. The fourth-order valence-electron chi connectivity index (χ4n) is 9.22. The highest BCUT2D eigenvalue weighted by atomic mass is 16.3. The second-order valence-corrected chi connectivity index (χ2v) is 14.1. The third-order valence-electron chi connectivity index (χ3n) is 11.4. The Bertz CT molecular complexity index is 3700. The molecule has 0 saturated heterocycles. The van der Waals surface area contributed by atoms with E-state index >= 15 is 0 Å². The summed E-state index contributed by atoms with van der Waals surface area (Å²) < 4.78 is 11.4. The highest BCUT2D eigenvalue weighted by molar-refractivity contribution is 6.37. The smallest absolute Gasteiger partial charge is 0.233 e. The molecule has 0 fully saturated rings. The summed E-state index contributed by atoms with van der Waals surface area (Å²) >= 11 is 0. The molecule has 5 heterocycles. The Morgan fingerprint density at radius 3 is 2.00 bits per heavy atom. The van der Waals surface area contributed by atoms with Crippen molar-refractivity contribution in [1.82, 2.24) is 18.9 Å². The molecule has 13 aromatic rings. The van der Waals surface area contributed by atoms with Crippen molar-refractivity contribution < 1.29 is 4.42 Å². The minimum atomic E-state index is 0.573. The van der Waals surface area contributed by atoms with Gasteiger partial charge < -0.3 is 8.82 Å². The van der Waals surface area contributed by atoms with Crippen LogP contribution in [0.5, 0.6) is 0 Å². The van der Waals surface area contributed by atoms with Gasteiger partial charge in [-0.25, -0.2) is 4.98 Å². The molecular weight excluding hydrogens is 649 g/mol. The van der Waals surface area contributed by atoms with Crippen molar-refractivity contribution in [2.45, 2.75) is 0 Å². The van der Waals surface area contributed by atoms with Crippen LogP contribution in [0.25, 0.3) is 121 Å². The molecule has 8 aromatic carbocycles. The summed E-state index contributed by atoms with van der Waals surface area (Å²) in [5.41, 5.74) is 8.22. The van der Waals surface area contributed by atoms with Gasteiger partial charge in [0.05, 0.1) is 33.0 Å². The standard InChI is InChI=1S/C48H26N4O/c1-2-13-29-25-30(22-21-27(29)11-1)46-49-47(43-34-17-7-10-20-40(34)53-48(43)50-46)51-38-19-9-6-16-33(38)41-39(51)26-36-32-15-5-8-18-37(32)52-44-31-14-4-3-12-28(31)23-24-35(44)42(41)45(36)52/h1-26H. The lowest BCUT2D eigenvalue weighted by Gasteiger charge is -2.11. The van der Waals surface area contributed by atoms with Crippen LogP contribution in [-0.2, 0) is 0 Å². The Morgan fingerprint density at radius 2 is 1.11 bits per heavy atom. The zero-order valence-electron chi connectivity index (χ0n) is 28.2. The largest absolute Gasteiger partial charge is 0.437 e. The maximum absolute atomic E-state index is 6.55. The van der Waals surface area contributed by atoms with E-state index in [2.05, 4.69) is 155 Å². The van der Waals surface area contributed by atoms with E-state index in [0.29, 0.717) is 11.5 Å². The average molecular weight is 675 g/mol. The van der Waals surface area contributed by atoms with Crippen molar-refractivity contribution in [3.8, 4) is 17.2 Å². The first-order chi connectivity index (χ1) is 26.3. The Labute approximate surface area is 300 Å². The van der Waals surface area contributed by atoms with Crippen molar-refractivity contribution in [3.05, 3.63) is 158 Å². The minimum Gasteiger partial charge on any atom is -0.437 e. The molecule has 0 aliphatic carbocycles. The van der Waals surface area contributed by atoms with Gasteiger partial charge in [0.1, 0.15) is 5.58 Å². The first-order valence-electron chi connectivity index (χ1n) is 18.0. The van der Waals surface area contributed by atoms with Gasteiger partial charge in [-0.3, -0.25) is 4.57 Å². The molecule has 0 aliphatic rings. The van der Waals surface area contributed by atoms with Crippen LogP contribution >= 0.6 is 0 Å². The average Bonchev–Trinajstić information content (AvgIpc) is 3.95. The number of fused-ring (bicyclic) bond motifs is 16. The van der Waals surface area contributed by atoms with Crippen LogP contribution in [0.15, 0.2) is 162 Å².